The summed E-state index contributed by atoms with van der Waals surface area (Å²) in [4.78, 5) is 14.5. The third-order valence-electron chi connectivity index (χ3n) is 2.46. The van der Waals surface area contributed by atoms with Crippen molar-refractivity contribution in [2.75, 3.05) is 0 Å². The second kappa shape index (κ2) is 6.97. The van der Waals surface area contributed by atoms with Crippen LogP contribution in [0, 0.1) is 0 Å². The molecule has 0 fully saturated rings. The minimum absolute atomic E-state index is 0. The Morgan fingerprint density at radius 1 is 1.47 bits per heavy atom. The van der Waals surface area contributed by atoms with Crippen molar-refractivity contribution in [2.24, 2.45) is 0 Å². The van der Waals surface area contributed by atoms with E-state index in [1.54, 1.807) is 30.7 Å². The smallest absolute Gasteiger partial charge is 0.328 e. The summed E-state index contributed by atoms with van der Waals surface area (Å²) in [6.45, 7) is 0.555. The highest BCUT2D eigenvalue weighted by molar-refractivity contribution is 6.31. The highest BCUT2D eigenvalue weighted by atomic mass is 35.5. The van der Waals surface area contributed by atoms with Gasteiger partial charge in [0.25, 0.3) is 0 Å². The van der Waals surface area contributed by atoms with E-state index in [1.807, 2.05) is 16.8 Å². The van der Waals surface area contributed by atoms with Gasteiger partial charge in [-0.25, -0.2) is 9.78 Å². The van der Waals surface area contributed by atoms with Crippen LogP contribution in [-0.2, 0) is 11.3 Å². The molecule has 4 nitrogen and oxygen atoms in total. The quantitative estimate of drug-likeness (QED) is 0.883. The van der Waals surface area contributed by atoms with Crippen molar-refractivity contribution < 1.29 is 9.90 Å². The largest absolute Gasteiger partial charge is 0.478 e. The molecule has 2 rings (SSSR count). The predicted molar refractivity (Wildman–Crippen MR) is 76.7 cm³/mol. The van der Waals surface area contributed by atoms with Gasteiger partial charge in [-0.1, -0.05) is 23.7 Å². The molecule has 6 heteroatoms. The van der Waals surface area contributed by atoms with Crippen LogP contribution in [0.25, 0.3) is 6.08 Å². The maximum absolute atomic E-state index is 10.6. The number of carboxylic acid groups (broad SMARTS) is 1. The Kier molecular flexibility index (Phi) is 5.60. The molecule has 0 unspecified atom stereocenters. The minimum Gasteiger partial charge on any atom is -0.478 e. The topological polar surface area (TPSA) is 55.1 Å². The van der Waals surface area contributed by atoms with Gasteiger partial charge in [0.05, 0.1) is 12.9 Å². The van der Waals surface area contributed by atoms with Crippen LogP contribution >= 0.6 is 24.0 Å². The Bertz CT molecular complexity index is 580. The summed E-state index contributed by atoms with van der Waals surface area (Å²) in [5.41, 5.74) is 1.66. The molecule has 1 N–H and O–H groups in total. The van der Waals surface area contributed by atoms with Crippen molar-refractivity contribution in [3.8, 4) is 0 Å². The van der Waals surface area contributed by atoms with E-state index in [0.29, 0.717) is 11.6 Å². The molecule has 0 aliphatic carbocycles. The third-order valence-corrected chi connectivity index (χ3v) is 2.81. The number of hydrogen-bond acceptors (Lipinski definition) is 2. The van der Waals surface area contributed by atoms with Crippen molar-refractivity contribution in [2.45, 2.75) is 6.54 Å². The molecule has 0 bridgehead atoms. The first-order valence-corrected chi connectivity index (χ1v) is 5.69. The lowest BCUT2D eigenvalue weighted by atomic mass is 10.1. The number of imidazole rings is 1. The lowest BCUT2D eigenvalue weighted by Gasteiger charge is -2.09. The van der Waals surface area contributed by atoms with E-state index in [-0.39, 0.29) is 12.4 Å². The highest BCUT2D eigenvalue weighted by Crippen LogP contribution is 2.22. The van der Waals surface area contributed by atoms with Gasteiger partial charge in [-0.2, -0.15) is 0 Å². The fourth-order valence-corrected chi connectivity index (χ4v) is 1.86. The van der Waals surface area contributed by atoms with Crippen LogP contribution in [0.4, 0.5) is 0 Å². The zero-order valence-corrected chi connectivity index (χ0v) is 11.4. The molecule has 1 heterocycles. The van der Waals surface area contributed by atoms with Gasteiger partial charge in [0.1, 0.15) is 0 Å². The van der Waals surface area contributed by atoms with Crippen LogP contribution in [0.3, 0.4) is 0 Å². The Hall–Kier alpha value is -1.78. The maximum Gasteiger partial charge on any atom is 0.328 e. The predicted octanol–water partition coefficient (Wildman–Crippen LogP) is 3.10. The molecule has 0 aliphatic rings. The van der Waals surface area contributed by atoms with Gasteiger partial charge in [0, 0.05) is 23.5 Å². The first-order chi connectivity index (χ1) is 8.66. The first kappa shape index (κ1) is 15.3. The van der Waals surface area contributed by atoms with E-state index in [0.717, 1.165) is 17.2 Å². The van der Waals surface area contributed by atoms with Crippen molar-refractivity contribution >= 4 is 36.1 Å². The Morgan fingerprint density at radius 3 is 2.89 bits per heavy atom. The number of aliphatic carboxylic acids is 1. The van der Waals surface area contributed by atoms with Crippen molar-refractivity contribution in [3.05, 3.63) is 59.1 Å². The minimum atomic E-state index is -0.983. The van der Waals surface area contributed by atoms with E-state index in [1.165, 1.54) is 0 Å². The summed E-state index contributed by atoms with van der Waals surface area (Å²) in [6.07, 6.45) is 7.84. The van der Waals surface area contributed by atoms with Crippen LogP contribution in [0.15, 0.2) is 43.0 Å². The number of carbonyl (C=O) groups is 1. The molecule has 0 atom stereocenters. The van der Waals surface area contributed by atoms with Gasteiger partial charge < -0.3 is 9.67 Å². The van der Waals surface area contributed by atoms with Crippen LogP contribution in [0.1, 0.15) is 11.1 Å². The highest BCUT2D eigenvalue weighted by Gasteiger charge is 2.06. The molecule has 100 valence electrons. The molecule has 1 aromatic heterocycles. The summed E-state index contributed by atoms with van der Waals surface area (Å²) in [5, 5.41) is 9.26. The molecule has 0 saturated carbocycles. The van der Waals surface area contributed by atoms with E-state index in [4.69, 9.17) is 16.7 Å². The molecular formula is C13H12Cl2N2O2. The van der Waals surface area contributed by atoms with Gasteiger partial charge in [-0.05, 0) is 23.3 Å². The van der Waals surface area contributed by atoms with E-state index in [9.17, 15) is 4.79 Å². The van der Waals surface area contributed by atoms with Crippen molar-refractivity contribution in [1.29, 1.82) is 0 Å². The number of halogens is 2. The second-order valence-electron chi connectivity index (χ2n) is 3.71. The average Bonchev–Trinajstić information content (AvgIpc) is 2.82. The standard InChI is InChI=1S/C13H11ClN2O2.ClH/c14-12-3-1-2-10(4-5-13(17)18)11(12)8-16-7-6-15-9-16;/h1-7,9H,8H2,(H,17,18);1H. The zero-order chi connectivity index (χ0) is 13.0. The monoisotopic (exact) mass is 298 g/mol. The number of aromatic nitrogens is 2. The van der Waals surface area contributed by atoms with E-state index < -0.39 is 5.97 Å². The first-order valence-electron chi connectivity index (χ1n) is 5.31. The molecule has 0 saturated heterocycles. The molecule has 1 aromatic carbocycles. The number of nitrogens with zero attached hydrogens (tertiary/aromatic N) is 2. The molecular weight excluding hydrogens is 287 g/mol. The number of benzene rings is 1. The Morgan fingerprint density at radius 2 is 2.26 bits per heavy atom. The summed E-state index contributed by atoms with van der Waals surface area (Å²) in [6, 6.07) is 5.41. The fourth-order valence-electron chi connectivity index (χ4n) is 1.62. The Balaban J connectivity index is 0.00000180. The normalized spacial score (nSPS) is 10.4. The van der Waals surface area contributed by atoms with Crippen LogP contribution in [0.2, 0.25) is 5.02 Å². The van der Waals surface area contributed by atoms with Crippen LogP contribution in [-0.4, -0.2) is 20.6 Å². The summed E-state index contributed by atoms with van der Waals surface area (Å²) in [7, 11) is 0. The zero-order valence-electron chi connectivity index (χ0n) is 9.86. The number of carboxylic acids is 1. The second-order valence-corrected chi connectivity index (χ2v) is 4.12. The van der Waals surface area contributed by atoms with E-state index in [2.05, 4.69) is 4.98 Å². The van der Waals surface area contributed by atoms with Gasteiger partial charge >= 0.3 is 5.97 Å². The molecule has 2 aromatic rings. The molecule has 0 spiro atoms. The van der Waals surface area contributed by atoms with Crippen molar-refractivity contribution in [3.63, 3.8) is 0 Å². The van der Waals surface area contributed by atoms with Gasteiger partial charge in [0.2, 0.25) is 0 Å². The summed E-state index contributed by atoms with van der Waals surface area (Å²) in [5.74, 6) is -0.983. The molecule has 0 aliphatic heterocycles. The molecule has 0 amide bonds. The number of rotatable bonds is 4. The third kappa shape index (κ3) is 4.12. The summed E-state index contributed by atoms with van der Waals surface area (Å²) >= 11 is 6.15. The maximum atomic E-state index is 10.6. The fraction of sp³-hybridized carbons (Fsp3) is 0.0769. The van der Waals surface area contributed by atoms with Gasteiger partial charge in [-0.15, -0.1) is 12.4 Å². The Labute approximate surface area is 121 Å². The van der Waals surface area contributed by atoms with Crippen LogP contribution < -0.4 is 0 Å². The molecule has 0 radical (unpaired) electrons. The lowest BCUT2D eigenvalue weighted by molar-refractivity contribution is -0.131. The SMILES string of the molecule is Cl.O=C(O)C=Cc1cccc(Cl)c1Cn1ccnc1. The molecule has 19 heavy (non-hydrogen) atoms. The van der Waals surface area contributed by atoms with Crippen molar-refractivity contribution in [1.82, 2.24) is 9.55 Å². The average molecular weight is 299 g/mol. The number of hydrogen-bond donors (Lipinski definition) is 1. The van der Waals surface area contributed by atoms with Gasteiger partial charge in [-0.3, -0.25) is 0 Å². The van der Waals surface area contributed by atoms with Crippen LogP contribution in [0.5, 0.6) is 0 Å². The van der Waals surface area contributed by atoms with E-state index >= 15 is 0 Å². The summed E-state index contributed by atoms with van der Waals surface area (Å²) < 4.78 is 1.87. The lowest BCUT2D eigenvalue weighted by Crippen LogP contribution is -2.00. The van der Waals surface area contributed by atoms with Gasteiger partial charge in [0.15, 0.2) is 0 Å².